The zero-order valence-electron chi connectivity index (χ0n) is 13.5. The van der Waals surface area contributed by atoms with Crippen molar-refractivity contribution in [2.45, 2.75) is 31.7 Å². The van der Waals surface area contributed by atoms with Gasteiger partial charge in [0.2, 0.25) is 12.0 Å². The number of benzene rings is 1. The second-order valence-corrected chi connectivity index (χ2v) is 5.65. The largest absolute Gasteiger partial charge is 0.480 e. The number of hydrogen-bond donors (Lipinski definition) is 0. The number of ether oxygens (including phenoxy) is 2. The average Bonchev–Trinajstić information content (AvgIpc) is 2.57. The molecule has 0 spiro atoms. The third-order valence-electron chi connectivity index (χ3n) is 4.14. The van der Waals surface area contributed by atoms with Crippen LogP contribution < -0.4 is 4.74 Å². The van der Waals surface area contributed by atoms with E-state index in [4.69, 9.17) is 4.74 Å². The Kier molecular flexibility index (Phi) is 5.05. The van der Waals surface area contributed by atoms with Crippen molar-refractivity contribution in [1.29, 1.82) is 0 Å². The lowest BCUT2D eigenvalue weighted by Gasteiger charge is -2.36. The molecule has 0 bridgehead atoms. The maximum atomic E-state index is 13.3. The molecule has 1 aromatic carbocycles. The van der Waals surface area contributed by atoms with Crippen LogP contribution in [0, 0.1) is 5.92 Å². The predicted molar refractivity (Wildman–Crippen MR) is 78.4 cm³/mol. The van der Waals surface area contributed by atoms with Gasteiger partial charge >= 0.3 is 12.1 Å². The molecule has 1 heterocycles. The molecule has 132 valence electrons. The fourth-order valence-corrected chi connectivity index (χ4v) is 2.64. The number of esters is 1. The molecule has 1 aromatic rings. The maximum Gasteiger partial charge on any atom is 0.426 e. The average molecular weight is 345 g/mol. The molecule has 0 saturated carbocycles. The Morgan fingerprint density at radius 2 is 1.96 bits per heavy atom. The van der Waals surface area contributed by atoms with Gasteiger partial charge in [-0.25, -0.2) is 4.79 Å². The van der Waals surface area contributed by atoms with Gasteiger partial charge in [0.15, 0.2) is 0 Å². The quantitative estimate of drug-likeness (QED) is 0.788. The summed E-state index contributed by atoms with van der Waals surface area (Å²) in [5.74, 6) is -2.86. The fraction of sp³-hybridized carbons (Fsp3) is 0.500. The summed E-state index contributed by atoms with van der Waals surface area (Å²) in [6, 6.07) is 5.30. The summed E-state index contributed by atoms with van der Waals surface area (Å²) >= 11 is 0. The number of methoxy groups -OCH3 is 1. The number of carbonyl (C=O) groups is 2. The van der Waals surface area contributed by atoms with E-state index in [0.717, 1.165) is 12.0 Å². The van der Waals surface area contributed by atoms with E-state index in [0.29, 0.717) is 5.56 Å². The smallest absolute Gasteiger partial charge is 0.426 e. The summed E-state index contributed by atoms with van der Waals surface area (Å²) in [6.45, 7) is 1.39. The predicted octanol–water partition coefficient (Wildman–Crippen LogP) is 2.19. The van der Waals surface area contributed by atoms with Crippen molar-refractivity contribution in [2.75, 3.05) is 14.2 Å². The zero-order chi connectivity index (χ0) is 18.1. The minimum absolute atomic E-state index is 0.114. The SMILES string of the molecule is COC(=O)[C@H](C)N(C)C(=O)[C@@H]1Cc2ccccc2O[C@H]1C(F)(F)F. The van der Waals surface area contributed by atoms with E-state index in [2.05, 4.69) is 4.74 Å². The van der Waals surface area contributed by atoms with E-state index in [1.165, 1.54) is 20.0 Å². The molecule has 0 N–H and O–H groups in total. The lowest BCUT2D eigenvalue weighted by Crippen LogP contribution is -2.53. The Bertz CT molecular complexity index is 632. The summed E-state index contributed by atoms with van der Waals surface area (Å²) in [5, 5.41) is 0. The van der Waals surface area contributed by atoms with Crippen LogP contribution in [0.25, 0.3) is 0 Å². The molecular formula is C16H18F3NO4. The number of likely N-dealkylation sites (N-methyl/N-ethyl adjacent to an activating group) is 1. The normalized spacial score (nSPS) is 21.2. The van der Waals surface area contributed by atoms with Crippen molar-refractivity contribution in [3.8, 4) is 5.75 Å². The maximum absolute atomic E-state index is 13.3. The standard InChI is InChI=1S/C16H18F3NO4/c1-9(15(22)23-3)20(2)14(21)11-8-10-6-4-5-7-12(10)24-13(11)16(17,18)19/h4-7,9,11,13H,8H2,1-3H3/t9-,11+,13+/m0/s1. The number of alkyl halides is 3. The molecule has 0 radical (unpaired) electrons. The summed E-state index contributed by atoms with van der Waals surface area (Å²) < 4.78 is 49.6. The molecule has 0 saturated heterocycles. The van der Waals surface area contributed by atoms with Crippen molar-refractivity contribution in [2.24, 2.45) is 5.92 Å². The van der Waals surface area contributed by atoms with Crippen LogP contribution in [0.15, 0.2) is 24.3 Å². The topological polar surface area (TPSA) is 55.8 Å². The molecule has 8 heteroatoms. The second kappa shape index (κ2) is 6.70. The molecule has 0 aromatic heterocycles. The van der Waals surface area contributed by atoms with Gasteiger partial charge in [-0.3, -0.25) is 4.79 Å². The molecule has 0 aliphatic carbocycles. The van der Waals surface area contributed by atoms with E-state index in [1.807, 2.05) is 0 Å². The highest BCUT2D eigenvalue weighted by molar-refractivity contribution is 5.86. The van der Waals surface area contributed by atoms with Crippen molar-refractivity contribution in [3.05, 3.63) is 29.8 Å². The monoisotopic (exact) mass is 345 g/mol. The van der Waals surface area contributed by atoms with Gasteiger partial charge in [-0.1, -0.05) is 18.2 Å². The summed E-state index contributed by atoms with van der Waals surface area (Å²) in [5.41, 5.74) is 0.524. The third-order valence-corrected chi connectivity index (χ3v) is 4.14. The van der Waals surface area contributed by atoms with Gasteiger partial charge in [0, 0.05) is 7.05 Å². The Labute approximate surface area is 137 Å². The molecule has 0 fully saturated rings. The van der Waals surface area contributed by atoms with Gasteiger partial charge in [0.05, 0.1) is 13.0 Å². The van der Waals surface area contributed by atoms with Crippen molar-refractivity contribution < 1.29 is 32.2 Å². The number of nitrogens with zero attached hydrogens (tertiary/aromatic N) is 1. The first-order valence-electron chi connectivity index (χ1n) is 7.32. The summed E-state index contributed by atoms with van der Waals surface area (Å²) in [4.78, 5) is 25.1. The summed E-state index contributed by atoms with van der Waals surface area (Å²) in [7, 11) is 2.42. The molecule has 5 nitrogen and oxygen atoms in total. The van der Waals surface area contributed by atoms with Crippen LogP contribution >= 0.6 is 0 Å². The molecule has 1 aliphatic heterocycles. The van der Waals surface area contributed by atoms with Gasteiger partial charge in [-0.2, -0.15) is 13.2 Å². The van der Waals surface area contributed by atoms with Crippen LogP contribution in [0.3, 0.4) is 0 Å². The summed E-state index contributed by atoms with van der Waals surface area (Å²) in [6.07, 6.45) is -7.08. The minimum Gasteiger partial charge on any atom is -0.480 e. The lowest BCUT2D eigenvalue weighted by atomic mass is 9.88. The third kappa shape index (κ3) is 3.47. The Hall–Kier alpha value is -2.25. The molecule has 3 atom stereocenters. The van der Waals surface area contributed by atoms with E-state index in [1.54, 1.807) is 18.2 Å². The first-order chi connectivity index (χ1) is 11.2. The van der Waals surface area contributed by atoms with E-state index in [-0.39, 0.29) is 12.2 Å². The van der Waals surface area contributed by atoms with Crippen LogP contribution in [0.2, 0.25) is 0 Å². The van der Waals surface area contributed by atoms with Crippen LogP contribution in [0.5, 0.6) is 5.75 Å². The van der Waals surface area contributed by atoms with Crippen LogP contribution in [0.1, 0.15) is 12.5 Å². The number of para-hydroxylation sites is 1. The number of rotatable bonds is 3. The van der Waals surface area contributed by atoms with Gasteiger partial charge in [0.25, 0.3) is 0 Å². The van der Waals surface area contributed by atoms with E-state index in [9.17, 15) is 22.8 Å². The number of carbonyl (C=O) groups excluding carboxylic acids is 2. The Morgan fingerprint density at radius 1 is 1.33 bits per heavy atom. The highest BCUT2D eigenvalue weighted by Crippen LogP contribution is 2.39. The number of halogens is 3. The van der Waals surface area contributed by atoms with Crippen molar-refractivity contribution >= 4 is 11.9 Å². The molecule has 0 unspecified atom stereocenters. The lowest BCUT2D eigenvalue weighted by molar-refractivity contribution is -0.216. The van der Waals surface area contributed by atoms with Crippen molar-refractivity contribution in [1.82, 2.24) is 4.90 Å². The van der Waals surface area contributed by atoms with Crippen LogP contribution in [-0.2, 0) is 20.7 Å². The van der Waals surface area contributed by atoms with Crippen LogP contribution in [-0.4, -0.2) is 49.3 Å². The number of hydrogen-bond acceptors (Lipinski definition) is 4. The van der Waals surface area contributed by atoms with Gasteiger partial charge < -0.3 is 14.4 Å². The number of amides is 1. The molecular weight excluding hydrogens is 327 g/mol. The first kappa shape index (κ1) is 18.1. The fourth-order valence-electron chi connectivity index (χ4n) is 2.64. The Balaban J connectivity index is 2.31. The molecule has 1 amide bonds. The molecule has 2 rings (SSSR count). The van der Waals surface area contributed by atoms with Gasteiger partial charge in [-0.15, -0.1) is 0 Å². The van der Waals surface area contributed by atoms with E-state index >= 15 is 0 Å². The second-order valence-electron chi connectivity index (χ2n) is 5.65. The first-order valence-corrected chi connectivity index (χ1v) is 7.32. The minimum atomic E-state index is -4.71. The highest BCUT2D eigenvalue weighted by atomic mass is 19.4. The zero-order valence-corrected chi connectivity index (χ0v) is 13.5. The van der Waals surface area contributed by atoms with Gasteiger partial charge in [0.1, 0.15) is 11.8 Å². The number of fused-ring (bicyclic) bond motifs is 1. The highest BCUT2D eigenvalue weighted by Gasteiger charge is 2.52. The van der Waals surface area contributed by atoms with Gasteiger partial charge in [-0.05, 0) is 25.0 Å². The van der Waals surface area contributed by atoms with Crippen LogP contribution in [0.4, 0.5) is 13.2 Å². The molecule has 24 heavy (non-hydrogen) atoms. The van der Waals surface area contributed by atoms with Crippen molar-refractivity contribution in [3.63, 3.8) is 0 Å². The van der Waals surface area contributed by atoms with E-state index < -0.39 is 36.1 Å². The Morgan fingerprint density at radius 3 is 2.54 bits per heavy atom. The molecule has 1 aliphatic rings.